The van der Waals surface area contributed by atoms with E-state index in [2.05, 4.69) is 5.32 Å². The Kier molecular flexibility index (Phi) is 4.58. The van der Waals surface area contributed by atoms with Gasteiger partial charge in [0, 0.05) is 17.6 Å². The lowest BCUT2D eigenvalue weighted by Gasteiger charge is -2.13. The molecule has 0 aliphatic heterocycles. The van der Waals surface area contributed by atoms with Gasteiger partial charge in [0.25, 0.3) is 5.91 Å². The van der Waals surface area contributed by atoms with Crippen LogP contribution in [0.15, 0.2) is 18.2 Å². The van der Waals surface area contributed by atoms with Crippen LogP contribution in [0.5, 0.6) is 5.75 Å². The number of nitrogens with two attached hydrogens (primary N) is 1. The van der Waals surface area contributed by atoms with Crippen LogP contribution in [0.4, 0.5) is 0 Å². The van der Waals surface area contributed by atoms with Gasteiger partial charge in [-0.05, 0) is 25.1 Å². The Morgan fingerprint density at radius 3 is 2.88 bits per heavy atom. The Bertz CT molecular complexity index is 382. The molecule has 1 rings (SSSR count). The molecule has 1 atom stereocenters. The molecule has 0 saturated heterocycles. The minimum atomic E-state index is -0.239. The average Bonchev–Trinajstić information content (AvgIpc) is 2.28. The maximum Gasteiger partial charge on any atom is 0.255 e. The molecule has 0 aliphatic carbocycles. The average molecular weight is 243 g/mol. The number of nitrogens with one attached hydrogen (secondary N) is 1. The monoisotopic (exact) mass is 242 g/mol. The second kappa shape index (κ2) is 5.72. The molecule has 0 saturated carbocycles. The Morgan fingerprint density at radius 1 is 1.62 bits per heavy atom. The number of ether oxygens (including phenoxy) is 1. The van der Waals surface area contributed by atoms with Crippen LogP contribution in [-0.2, 0) is 0 Å². The molecular weight excluding hydrogens is 228 g/mol. The molecule has 1 amide bonds. The van der Waals surface area contributed by atoms with E-state index in [-0.39, 0.29) is 11.9 Å². The molecule has 5 heteroatoms. The van der Waals surface area contributed by atoms with Gasteiger partial charge in [-0.3, -0.25) is 4.79 Å². The Morgan fingerprint density at radius 2 is 2.31 bits per heavy atom. The molecule has 0 bridgehead atoms. The zero-order chi connectivity index (χ0) is 12.1. The fourth-order valence-electron chi connectivity index (χ4n) is 1.22. The molecule has 88 valence electrons. The van der Waals surface area contributed by atoms with Gasteiger partial charge in [-0.25, -0.2) is 0 Å². The first-order valence-electron chi connectivity index (χ1n) is 4.93. The maximum absolute atomic E-state index is 11.8. The summed E-state index contributed by atoms with van der Waals surface area (Å²) in [6, 6.07) is 4.81. The number of benzene rings is 1. The van der Waals surface area contributed by atoms with Crippen molar-refractivity contribution in [1.29, 1.82) is 0 Å². The third-order valence-electron chi connectivity index (χ3n) is 2.14. The Labute approximate surface area is 99.7 Å². The summed E-state index contributed by atoms with van der Waals surface area (Å²) >= 11 is 5.83. The molecule has 3 N–H and O–H groups in total. The summed E-state index contributed by atoms with van der Waals surface area (Å²) in [6.07, 6.45) is 0. The first-order chi connectivity index (χ1) is 7.58. The number of carbonyl (C=O) groups excluding carboxylic acids is 1. The van der Waals surface area contributed by atoms with Crippen LogP contribution in [0.25, 0.3) is 0 Å². The summed E-state index contributed by atoms with van der Waals surface area (Å²) in [5.74, 6) is 0.253. The number of halogens is 1. The SMILES string of the molecule is COc1ccc(Cl)cc1C(=O)NC(C)CN. The van der Waals surface area contributed by atoms with Gasteiger partial charge in [0.15, 0.2) is 0 Å². The molecule has 1 unspecified atom stereocenters. The van der Waals surface area contributed by atoms with Gasteiger partial charge in [0.2, 0.25) is 0 Å². The van der Waals surface area contributed by atoms with Crippen molar-refractivity contribution in [2.45, 2.75) is 13.0 Å². The predicted molar refractivity (Wildman–Crippen MR) is 64.0 cm³/mol. The van der Waals surface area contributed by atoms with Crippen molar-refractivity contribution < 1.29 is 9.53 Å². The molecule has 1 aromatic carbocycles. The lowest BCUT2D eigenvalue weighted by Crippen LogP contribution is -2.37. The molecule has 0 aromatic heterocycles. The van der Waals surface area contributed by atoms with Crippen molar-refractivity contribution in [1.82, 2.24) is 5.32 Å². The number of methoxy groups -OCH3 is 1. The van der Waals surface area contributed by atoms with Gasteiger partial charge < -0.3 is 15.8 Å². The van der Waals surface area contributed by atoms with Crippen molar-refractivity contribution in [3.63, 3.8) is 0 Å². The van der Waals surface area contributed by atoms with Crippen molar-refractivity contribution in [3.05, 3.63) is 28.8 Å². The van der Waals surface area contributed by atoms with Gasteiger partial charge in [-0.15, -0.1) is 0 Å². The predicted octanol–water partition coefficient (Wildman–Crippen LogP) is 1.43. The summed E-state index contributed by atoms with van der Waals surface area (Å²) in [6.45, 7) is 2.21. The Hall–Kier alpha value is -1.26. The van der Waals surface area contributed by atoms with Gasteiger partial charge in [0.1, 0.15) is 5.75 Å². The fourth-order valence-corrected chi connectivity index (χ4v) is 1.39. The van der Waals surface area contributed by atoms with E-state index in [9.17, 15) is 4.79 Å². The zero-order valence-electron chi connectivity index (χ0n) is 9.29. The van der Waals surface area contributed by atoms with E-state index in [1.807, 2.05) is 6.92 Å². The summed E-state index contributed by atoms with van der Waals surface area (Å²) in [7, 11) is 1.51. The molecule has 0 radical (unpaired) electrons. The highest BCUT2D eigenvalue weighted by Gasteiger charge is 2.14. The van der Waals surface area contributed by atoms with Gasteiger partial charge in [-0.1, -0.05) is 11.6 Å². The summed E-state index contributed by atoms with van der Waals surface area (Å²) in [5, 5.41) is 3.24. The van der Waals surface area contributed by atoms with Crippen LogP contribution in [0, 0.1) is 0 Å². The molecule has 0 aliphatic rings. The van der Waals surface area contributed by atoms with Crippen molar-refractivity contribution in [2.75, 3.05) is 13.7 Å². The molecule has 0 heterocycles. The van der Waals surface area contributed by atoms with E-state index >= 15 is 0 Å². The van der Waals surface area contributed by atoms with Gasteiger partial charge in [0.05, 0.1) is 12.7 Å². The normalized spacial score (nSPS) is 12.0. The zero-order valence-corrected chi connectivity index (χ0v) is 10.0. The van der Waals surface area contributed by atoms with Gasteiger partial charge >= 0.3 is 0 Å². The highest BCUT2D eigenvalue weighted by molar-refractivity contribution is 6.31. The van der Waals surface area contributed by atoms with E-state index in [4.69, 9.17) is 22.1 Å². The van der Waals surface area contributed by atoms with Crippen LogP contribution < -0.4 is 15.8 Å². The van der Waals surface area contributed by atoms with Gasteiger partial charge in [-0.2, -0.15) is 0 Å². The lowest BCUT2D eigenvalue weighted by atomic mass is 10.1. The van der Waals surface area contributed by atoms with E-state index < -0.39 is 0 Å². The van der Waals surface area contributed by atoms with Crippen LogP contribution in [0.1, 0.15) is 17.3 Å². The van der Waals surface area contributed by atoms with Crippen LogP contribution in [0.2, 0.25) is 5.02 Å². The second-order valence-corrected chi connectivity index (χ2v) is 3.89. The van der Waals surface area contributed by atoms with Crippen LogP contribution >= 0.6 is 11.6 Å². The molecule has 0 fully saturated rings. The maximum atomic E-state index is 11.8. The Balaban J connectivity index is 2.93. The minimum absolute atomic E-state index is 0.0869. The number of carbonyl (C=O) groups is 1. The lowest BCUT2D eigenvalue weighted by molar-refractivity contribution is 0.0938. The quantitative estimate of drug-likeness (QED) is 0.840. The summed E-state index contributed by atoms with van der Waals surface area (Å²) < 4.78 is 5.09. The second-order valence-electron chi connectivity index (χ2n) is 3.45. The first kappa shape index (κ1) is 12.8. The van der Waals surface area contributed by atoms with Crippen molar-refractivity contribution >= 4 is 17.5 Å². The topological polar surface area (TPSA) is 64.3 Å². The van der Waals surface area contributed by atoms with Crippen LogP contribution in [0.3, 0.4) is 0 Å². The summed E-state index contributed by atoms with van der Waals surface area (Å²) in [5.41, 5.74) is 5.84. The standard InChI is InChI=1S/C11H15ClN2O2/c1-7(6-13)14-11(15)9-5-8(12)3-4-10(9)16-2/h3-5,7H,6,13H2,1-2H3,(H,14,15). The van der Waals surface area contributed by atoms with E-state index in [0.717, 1.165) is 0 Å². The van der Waals surface area contributed by atoms with Crippen LogP contribution in [-0.4, -0.2) is 25.6 Å². The number of rotatable bonds is 4. The van der Waals surface area contributed by atoms with Crippen molar-refractivity contribution in [3.8, 4) is 5.75 Å². The number of amides is 1. The van der Waals surface area contributed by atoms with E-state index in [1.165, 1.54) is 7.11 Å². The molecular formula is C11H15ClN2O2. The third kappa shape index (κ3) is 3.12. The largest absolute Gasteiger partial charge is 0.496 e. The number of hydrogen-bond acceptors (Lipinski definition) is 3. The highest BCUT2D eigenvalue weighted by atomic mass is 35.5. The van der Waals surface area contributed by atoms with E-state index in [1.54, 1.807) is 18.2 Å². The molecule has 4 nitrogen and oxygen atoms in total. The van der Waals surface area contributed by atoms with Crippen molar-refractivity contribution in [2.24, 2.45) is 5.73 Å². The number of hydrogen-bond donors (Lipinski definition) is 2. The van der Waals surface area contributed by atoms with E-state index in [0.29, 0.717) is 22.9 Å². The summed E-state index contributed by atoms with van der Waals surface area (Å²) in [4.78, 5) is 11.8. The third-order valence-corrected chi connectivity index (χ3v) is 2.37. The molecule has 16 heavy (non-hydrogen) atoms. The first-order valence-corrected chi connectivity index (χ1v) is 5.30. The minimum Gasteiger partial charge on any atom is -0.496 e. The fraction of sp³-hybridized carbons (Fsp3) is 0.364. The molecule has 1 aromatic rings. The molecule has 0 spiro atoms. The highest BCUT2D eigenvalue weighted by Crippen LogP contribution is 2.22. The smallest absolute Gasteiger partial charge is 0.255 e.